The molecule has 4 heterocycles. The lowest BCUT2D eigenvalue weighted by molar-refractivity contribution is 0.0791. The lowest BCUT2D eigenvalue weighted by atomic mass is 9.99. The maximum atomic E-state index is 12.7. The quantitative estimate of drug-likeness (QED) is 0.913. The van der Waals surface area contributed by atoms with Crippen molar-refractivity contribution >= 4 is 17.4 Å². The van der Waals surface area contributed by atoms with Crippen LogP contribution in [0.15, 0.2) is 24.4 Å². The molecule has 0 radical (unpaired) electrons. The Morgan fingerprint density at radius 3 is 2.88 bits per heavy atom. The van der Waals surface area contributed by atoms with Crippen molar-refractivity contribution in [2.75, 3.05) is 36.5 Å². The summed E-state index contributed by atoms with van der Waals surface area (Å²) in [5.41, 5.74) is 2.46. The Labute approximate surface area is 153 Å². The Balaban J connectivity index is 1.48. The molecule has 1 atom stereocenters. The average molecular weight is 355 g/mol. The molecule has 2 aliphatic rings. The van der Waals surface area contributed by atoms with Crippen molar-refractivity contribution in [3.63, 3.8) is 0 Å². The van der Waals surface area contributed by atoms with E-state index in [-0.39, 0.29) is 5.91 Å². The molecule has 2 fully saturated rings. The molecule has 0 bridgehead atoms. The lowest BCUT2D eigenvalue weighted by Gasteiger charge is -2.19. The van der Waals surface area contributed by atoms with Gasteiger partial charge in [0.15, 0.2) is 0 Å². The van der Waals surface area contributed by atoms with Gasteiger partial charge in [-0.25, -0.2) is 0 Å². The first kappa shape index (κ1) is 17.0. The number of nitrogens with one attached hydrogen (secondary N) is 1. The number of aryl methyl sites for hydroxylation is 1. The summed E-state index contributed by atoms with van der Waals surface area (Å²) in [5, 5.41) is 7.50. The minimum absolute atomic E-state index is 0.208. The molecule has 2 aromatic heterocycles. The van der Waals surface area contributed by atoms with E-state index in [1.54, 1.807) is 10.9 Å². The van der Waals surface area contributed by atoms with E-state index in [4.69, 9.17) is 4.74 Å². The summed E-state index contributed by atoms with van der Waals surface area (Å²) in [6.07, 6.45) is 6.23. The molecule has 2 saturated heterocycles. The van der Waals surface area contributed by atoms with Gasteiger partial charge in [-0.2, -0.15) is 5.10 Å². The predicted octanol–water partition coefficient (Wildman–Crippen LogP) is 2.56. The number of rotatable bonds is 4. The van der Waals surface area contributed by atoms with Crippen LogP contribution in [0.3, 0.4) is 0 Å². The van der Waals surface area contributed by atoms with E-state index < -0.39 is 0 Å². The number of nitrogens with zero attached hydrogens (tertiary/aromatic N) is 4. The zero-order chi connectivity index (χ0) is 17.9. The van der Waals surface area contributed by atoms with Gasteiger partial charge in [0.2, 0.25) is 0 Å². The average Bonchev–Trinajstić information content (AvgIpc) is 3.33. The summed E-state index contributed by atoms with van der Waals surface area (Å²) in [5.74, 6) is 0.779. The van der Waals surface area contributed by atoms with Crippen LogP contribution in [-0.4, -0.2) is 47.0 Å². The highest BCUT2D eigenvalue weighted by molar-refractivity contribution is 6.02. The van der Waals surface area contributed by atoms with Gasteiger partial charge in [0, 0.05) is 50.6 Å². The Bertz CT molecular complexity index is 776. The molecule has 0 aliphatic carbocycles. The molecule has 1 N–H and O–H groups in total. The van der Waals surface area contributed by atoms with Gasteiger partial charge in [0.1, 0.15) is 11.5 Å². The van der Waals surface area contributed by atoms with Gasteiger partial charge in [-0.3, -0.25) is 14.5 Å². The molecule has 138 valence electrons. The van der Waals surface area contributed by atoms with Crippen LogP contribution in [0.2, 0.25) is 0 Å². The molecule has 2 aromatic rings. The number of aromatic nitrogens is 3. The van der Waals surface area contributed by atoms with Crippen LogP contribution in [0.1, 0.15) is 47.8 Å². The normalized spacial score (nSPS) is 20.3. The number of carbonyl (C=O) groups excluding carboxylic acids is 1. The first-order valence-corrected chi connectivity index (χ1v) is 9.35. The van der Waals surface area contributed by atoms with Gasteiger partial charge in [-0.05, 0) is 37.8 Å². The minimum atomic E-state index is -0.208. The summed E-state index contributed by atoms with van der Waals surface area (Å²) in [7, 11) is 1.84. The van der Waals surface area contributed by atoms with Crippen molar-refractivity contribution in [2.45, 2.75) is 31.6 Å². The second kappa shape index (κ2) is 7.45. The number of pyridine rings is 1. The fourth-order valence-corrected chi connectivity index (χ4v) is 3.68. The topological polar surface area (TPSA) is 72.3 Å². The molecule has 7 nitrogen and oxygen atoms in total. The monoisotopic (exact) mass is 355 g/mol. The summed E-state index contributed by atoms with van der Waals surface area (Å²) in [6.45, 7) is 3.61. The van der Waals surface area contributed by atoms with E-state index >= 15 is 0 Å². The van der Waals surface area contributed by atoms with Crippen LogP contribution in [0.5, 0.6) is 0 Å². The van der Waals surface area contributed by atoms with E-state index in [1.807, 2.05) is 25.2 Å². The Morgan fingerprint density at radius 2 is 2.12 bits per heavy atom. The van der Waals surface area contributed by atoms with E-state index in [1.165, 1.54) is 12.8 Å². The number of anilines is 2. The predicted molar refractivity (Wildman–Crippen MR) is 99.6 cm³/mol. The van der Waals surface area contributed by atoms with Crippen molar-refractivity contribution in [3.8, 4) is 0 Å². The standard InChI is InChI=1S/C19H25N5O2/c1-23-18(12-16(22-23)14-5-4-10-26-13-14)21-19(25)17-11-15(6-7-20-17)24-8-2-3-9-24/h6-7,11-12,14H,2-5,8-10,13H2,1H3,(H,21,25). The van der Waals surface area contributed by atoms with Crippen LogP contribution >= 0.6 is 0 Å². The van der Waals surface area contributed by atoms with Crippen molar-refractivity contribution in [1.29, 1.82) is 0 Å². The lowest BCUT2D eigenvalue weighted by Crippen LogP contribution is -2.20. The number of hydrogen-bond donors (Lipinski definition) is 1. The zero-order valence-electron chi connectivity index (χ0n) is 15.1. The largest absolute Gasteiger partial charge is 0.381 e. The molecule has 1 amide bonds. The molecule has 2 aliphatic heterocycles. The van der Waals surface area contributed by atoms with Gasteiger partial charge >= 0.3 is 0 Å². The number of hydrogen-bond acceptors (Lipinski definition) is 5. The van der Waals surface area contributed by atoms with Crippen molar-refractivity contribution < 1.29 is 9.53 Å². The smallest absolute Gasteiger partial charge is 0.275 e. The molecule has 0 aromatic carbocycles. The second-order valence-electron chi connectivity index (χ2n) is 7.04. The highest BCUT2D eigenvalue weighted by Gasteiger charge is 2.21. The highest BCUT2D eigenvalue weighted by Crippen LogP contribution is 2.26. The van der Waals surface area contributed by atoms with Gasteiger partial charge in [0.05, 0.1) is 12.3 Å². The SMILES string of the molecule is Cn1nc(C2CCCOC2)cc1NC(=O)c1cc(N2CCCC2)ccn1. The van der Waals surface area contributed by atoms with E-state index in [9.17, 15) is 4.79 Å². The zero-order valence-corrected chi connectivity index (χ0v) is 15.1. The molecule has 7 heteroatoms. The first-order valence-electron chi connectivity index (χ1n) is 9.35. The molecular formula is C19H25N5O2. The third-order valence-electron chi connectivity index (χ3n) is 5.17. The molecule has 0 saturated carbocycles. The Morgan fingerprint density at radius 1 is 1.27 bits per heavy atom. The summed E-state index contributed by atoms with van der Waals surface area (Å²) in [6, 6.07) is 5.78. The molecule has 26 heavy (non-hydrogen) atoms. The van der Waals surface area contributed by atoms with Crippen LogP contribution in [0.4, 0.5) is 11.5 Å². The molecular weight excluding hydrogens is 330 g/mol. The van der Waals surface area contributed by atoms with Gasteiger partial charge in [0.25, 0.3) is 5.91 Å². The van der Waals surface area contributed by atoms with E-state index in [2.05, 4.69) is 20.3 Å². The van der Waals surface area contributed by atoms with Crippen molar-refractivity contribution in [3.05, 3.63) is 35.8 Å². The fourth-order valence-electron chi connectivity index (χ4n) is 3.68. The summed E-state index contributed by atoms with van der Waals surface area (Å²) < 4.78 is 7.26. The number of carbonyl (C=O) groups is 1. The highest BCUT2D eigenvalue weighted by atomic mass is 16.5. The third kappa shape index (κ3) is 3.58. The summed E-state index contributed by atoms with van der Waals surface area (Å²) in [4.78, 5) is 19.2. The molecule has 4 rings (SSSR count). The second-order valence-corrected chi connectivity index (χ2v) is 7.04. The van der Waals surface area contributed by atoms with E-state index in [0.29, 0.717) is 24.0 Å². The van der Waals surface area contributed by atoms with E-state index in [0.717, 1.165) is 43.9 Å². The van der Waals surface area contributed by atoms with Crippen LogP contribution in [0.25, 0.3) is 0 Å². The maximum absolute atomic E-state index is 12.7. The van der Waals surface area contributed by atoms with Crippen molar-refractivity contribution in [2.24, 2.45) is 7.05 Å². The Hall–Kier alpha value is -2.41. The number of ether oxygens (including phenoxy) is 1. The molecule has 0 spiro atoms. The molecule has 1 unspecified atom stereocenters. The van der Waals surface area contributed by atoms with Gasteiger partial charge < -0.3 is 15.0 Å². The van der Waals surface area contributed by atoms with Crippen molar-refractivity contribution in [1.82, 2.24) is 14.8 Å². The third-order valence-corrected chi connectivity index (χ3v) is 5.17. The maximum Gasteiger partial charge on any atom is 0.275 e. The van der Waals surface area contributed by atoms with Crippen LogP contribution < -0.4 is 10.2 Å². The minimum Gasteiger partial charge on any atom is -0.381 e. The fraction of sp³-hybridized carbons (Fsp3) is 0.526. The van der Waals surface area contributed by atoms with Crippen LogP contribution in [-0.2, 0) is 11.8 Å². The Kier molecular flexibility index (Phi) is 4.88. The first-order chi connectivity index (χ1) is 12.7. The summed E-state index contributed by atoms with van der Waals surface area (Å²) >= 11 is 0. The van der Waals surface area contributed by atoms with Gasteiger partial charge in [-0.15, -0.1) is 0 Å². The van der Waals surface area contributed by atoms with Crippen LogP contribution in [0, 0.1) is 0 Å². The van der Waals surface area contributed by atoms with Gasteiger partial charge in [-0.1, -0.05) is 0 Å². The number of amides is 1.